The number of halogens is 1. The van der Waals surface area contributed by atoms with Crippen LogP contribution in [0, 0.1) is 5.92 Å². The van der Waals surface area contributed by atoms with Crippen LogP contribution in [0.25, 0.3) is 0 Å². The van der Waals surface area contributed by atoms with Crippen molar-refractivity contribution in [2.45, 2.75) is 53.1 Å². The Morgan fingerprint density at radius 1 is 1.17 bits per heavy atom. The van der Waals surface area contributed by atoms with Crippen molar-refractivity contribution in [3.63, 3.8) is 0 Å². The normalized spacial score (nSPS) is 12.4. The molecule has 0 spiro atoms. The maximum absolute atomic E-state index is 5.23. The first-order valence-electron chi connectivity index (χ1n) is 10.2. The van der Waals surface area contributed by atoms with Gasteiger partial charge in [0.05, 0.1) is 7.11 Å². The van der Waals surface area contributed by atoms with E-state index in [2.05, 4.69) is 60.0 Å². The van der Waals surface area contributed by atoms with Crippen molar-refractivity contribution in [2.24, 2.45) is 10.9 Å². The number of aliphatic imine (C=N–C) groups is 1. The minimum Gasteiger partial charge on any atom is -0.497 e. The summed E-state index contributed by atoms with van der Waals surface area (Å²) >= 11 is 0. The van der Waals surface area contributed by atoms with Crippen LogP contribution in [0.4, 0.5) is 0 Å². The number of hydrogen-bond acceptors (Lipinski definition) is 3. The van der Waals surface area contributed by atoms with Crippen LogP contribution in [0.3, 0.4) is 0 Å². The molecule has 6 nitrogen and oxygen atoms in total. The van der Waals surface area contributed by atoms with Crippen LogP contribution < -0.4 is 15.4 Å². The monoisotopic (exact) mass is 513 g/mol. The fraction of sp³-hybridized carbons (Fsp3) is 0.545. The summed E-state index contributed by atoms with van der Waals surface area (Å²) in [4.78, 5) is 9.16. The average molecular weight is 513 g/mol. The van der Waals surface area contributed by atoms with Crippen LogP contribution in [-0.2, 0) is 13.1 Å². The van der Waals surface area contributed by atoms with Crippen molar-refractivity contribution >= 4 is 29.9 Å². The largest absolute Gasteiger partial charge is 0.497 e. The summed E-state index contributed by atoms with van der Waals surface area (Å²) in [5.74, 6) is 3.78. The van der Waals surface area contributed by atoms with Crippen molar-refractivity contribution in [2.75, 3.05) is 20.2 Å². The zero-order valence-corrected chi connectivity index (χ0v) is 20.6. The van der Waals surface area contributed by atoms with Gasteiger partial charge < -0.3 is 19.9 Å². The Kier molecular flexibility index (Phi) is 11.7. The molecule has 0 fully saturated rings. The predicted molar refractivity (Wildman–Crippen MR) is 131 cm³/mol. The standard InChI is InChI=1S/C22H35N5O.HI/c1-6-23-22(26-15-21-24-13-14-27(21)16-17(2)3)25-12-11-18(4)19-7-9-20(28-5)10-8-19;/h7-10,13-14,17-18H,6,11-12,15-16H2,1-5H3,(H2,23,25,26);1H. The molecule has 0 radical (unpaired) electrons. The molecule has 2 aromatic rings. The van der Waals surface area contributed by atoms with Gasteiger partial charge in [0.1, 0.15) is 18.1 Å². The molecule has 0 saturated heterocycles. The average Bonchev–Trinajstić information content (AvgIpc) is 3.12. The summed E-state index contributed by atoms with van der Waals surface area (Å²) in [6.45, 7) is 12.0. The maximum Gasteiger partial charge on any atom is 0.191 e. The first kappa shape index (κ1) is 25.3. The number of guanidine groups is 1. The van der Waals surface area contributed by atoms with E-state index in [0.717, 1.165) is 43.6 Å². The summed E-state index contributed by atoms with van der Waals surface area (Å²) < 4.78 is 7.42. The molecule has 1 unspecified atom stereocenters. The van der Waals surface area contributed by atoms with Crippen LogP contribution in [0.1, 0.15) is 51.4 Å². The SMILES string of the molecule is CCNC(=NCc1nccn1CC(C)C)NCCC(C)c1ccc(OC)cc1.I. The molecule has 162 valence electrons. The number of nitrogens with zero attached hydrogens (tertiary/aromatic N) is 3. The summed E-state index contributed by atoms with van der Waals surface area (Å²) in [7, 11) is 1.69. The lowest BCUT2D eigenvalue weighted by Gasteiger charge is -2.15. The Morgan fingerprint density at radius 3 is 2.52 bits per heavy atom. The lowest BCUT2D eigenvalue weighted by Crippen LogP contribution is -2.38. The number of hydrogen-bond donors (Lipinski definition) is 2. The van der Waals surface area contributed by atoms with Gasteiger partial charge in [-0.25, -0.2) is 9.98 Å². The number of aromatic nitrogens is 2. The molecule has 0 bridgehead atoms. The zero-order chi connectivity index (χ0) is 20.4. The van der Waals surface area contributed by atoms with Gasteiger partial charge in [0.25, 0.3) is 0 Å². The van der Waals surface area contributed by atoms with E-state index >= 15 is 0 Å². The zero-order valence-electron chi connectivity index (χ0n) is 18.3. The van der Waals surface area contributed by atoms with Crippen LogP contribution in [-0.4, -0.2) is 35.7 Å². The Labute approximate surface area is 192 Å². The molecule has 1 heterocycles. The molecule has 1 aromatic carbocycles. The molecule has 2 N–H and O–H groups in total. The smallest absolute Gasteiger partial charge is 0.191 e. The quantitative estimate of drug-likeness (QED) is 0.281. The van der Waals surface area contributed by atoms with Gasteiger partial charge in [0.2, 0.25) is 0 Å². The highest BCUT2D eigenvalue weighted by molar-refractivity contribution is 14.0. The van der Waals surface area contributed by atoms with E-state index in [0.29, 0.717) is 18.4 Å². The van der Waals surface area contributed by atoms with Crippen molar-refractivity contribution in [3.05, 3.63) is 48.0 Å². The number of rotatable bonds is 10. The number of methoxy groups -OCH3 is 1. The Balaban J connectivity index is 0.00000420. The van der Waals surface area contributed by atoms with Crippen molar-refractivity contribution in [3.8, 4) is 5.75 Å². The second kappa shape index (κ2) is 13.5. The first-order chi connectivity index (χ1) is 13.5. The molecule has 0 aliphatic heterocycles. The summed E-state index contributed by atoms with van der Waals surface area (Å²) in [5.41, 5.74) is 1.32. The van der Waals surface area contributed by atoms with Gasteiger partial charge in [-0.3, -0.25) is 0 Å². The van der Waals surface area contributed by atoms with E-state index < -0.39 is 0 Å². The summed E-state index contributed by atoms with van der Waals surface area (Å²) in [6.07, 6.45) is 4.91. The number of nitrogens with one attached hydrogen (secondary N) is 2. The molecule has 29 heavy (non-hydrogen) atoms. The highest BCUT2D eigenvalue weighted by Crippen LogP contribution is 2.21. The molecule has 2 rings (SSSR count). The first-order valence-corrected chi connectivity index (χ1v) is 10.2. The minimum absolute atomic E-state index is 0. The molecule has 7 heteroatoms. The topological polar surface area (TPSA) is 63.5 Å². The van der Waals surface area contributed by atoms with Gasteiger partial charge in [0.15, 0.2) is 5.96 Å². The molecule has 0 amide bonds. The van der Waals surface area contributed by atoms with Gasteiger partial charge in [0, 0.05) is 32.0 Å². The lowest BCUT2D eigenvalue weighted by molar-refractivity contribution is 0.414. The van der Waals surface area contributed by atoms with Crippen LogP contribution in [0.5, 0.6) is 5.75 Å². The second-order valence-corrected chi connectivity index (χ2v) is 7.47. The fourth-order valence-electron chi connectivity index (χ4n) is 3.05. The Hall–Kier alpha value is -1.77. The maximum atomic E-state index is 5.23. The van der Waals surface area contributed by atoms with Crippen LogP contribution in [0.2, 0.25) is 0 Å². The van der Waals surface area contributed by atoms with E-state index in [1.54, 1.807) is 7.11 Å². The van der Waals surface area contributed by atoms with E-state index in [9.17, 15) is 0 Å². The summed E-state index contributed by atoms with van der Waals surface area (Å²) in [5, 5.41) is 6.76. The number of ether oxygens (including phenoxy) is 1. The molecule has 1 aromatic heterocycles. The Morgan fingerprint density at radius 2 is 1.90 bits per heavy atom. The van der Waals surface area contributed by atoms with Crippen molar-refractivity contribution in [1.29, 1.82) is 0 Å². The van der Waals surface area contributed by atoms with E-state index in [-0.39, 0.29) is 24.0 Å². The third-order valence-electron chi connectivity index (χ3n) is 4.64. The van der Waals surface area contributed by atoms with Gasteiger partial charge >= 0.3 is 0 Å². The molecular weight excluding hydrogens is 477 g/mol. The van der Waals surface area contributed by atoms with Gasteiger partial charge in [-0.05, 0) is 42.9 Å². The third kappa shape index (κ3) is 8.64. The van der Waals surface area contributed by atoms with Crippen molar-refractivity contribution < 1.29 is 4.74 Å². The highest BCUT2D eigenvalue weighted by Gasteiger charge is 2.08. The van der Waals surface area contributed by atoms with Crippen LogP contribution >= 0.6 is 24.0 Å². The predicted octanol–water partition coefficient (Wildman–Crippen LogP) is 4.41. The van der Waals surface area contributed by atoms with Gasteiger partial charge in [-0.15, -0.1) is 24.0 Å². The highest BCUT2D eigenvalue weighted by atomic mass is 127. The number of imidazole rings is 1. The minimum atomic E-state index is 0. The third-order valence-corrected chi connectivity index (χ3v) is 4.64. The van der Waals surface area contributed by atoms with Crippen molar-refractivity contribution in [1.82, 2.24) is 20.2 Å². The van der Waals surface area contributed by atoms with Gasteiger partial charge in [-0.2, -0.15) is 0 Å². The molecule has 0 saturated carbocycles. The molecule has 1 atom stereocenters. The Bertz CT molecular complexity index is 727. The lowest BCUT2D eigenvalue weighted by atomic mass is 9.98. The second-order valence-electron chi connectivity index (χ2n) is 7.47. The van der Waals surface area contributed by atoms with E-state index in [4.69, 9.17) is 9.73 Å². The fourth-order valence-corrected chi connectivity index (χ4v) is 3.05. The molecule has 0 aliphatic carbocycles. The van der Waals surface area contributed by atoms with Crippen LogP contribution in [0.15, 0.2) is 41.7 Å². The van der Waals surface area contributed by atoms with E-state index in [1.165, 1.54) is 5.56 Å². The summed E-state index contributed by atoms with van der Waals surface area (Å²) in [6, 6.07) is 8.31. The molecular formula is C22H36IN5O. The molecule has 0 aliphatic rings. The number of benzene rings is 1. The van der Waals surface area contributed by atoms with E-state index in [1.807, 2.05) is 24.5 Å². The van der Waals surface area contributed by atoms with Gasteiger partial charge in [-0.1, -0.05) is 32.9 Å².